The Morgan fingerprint density at radius 2 is 1.35 bits per heavy atom. The molecule has 590 valence electrons. The van der Waals surface area contributed by atoms with Crippen LogP contribution >= 0.6 is 0 Å². The highest BCUT2D eigenvalue weighted by molar-refractivity contribution is 5.97. The number of Topliss-reactive ketones (excluding diaryl/α,β-unsaturated/α-hetero) is 2. The number of likely N-dealkylation sites (tertiary alicyclic amines) is 2. The fourth-order valence-electron chi connectivity index (χ4n) is 14.9. The van der Waals surface area contributed by atoms with Crippen molar-refractivity contribution >= 4 is 64.7 Å². The Morgan fingerprint density at radius 3 is 1.93 bits per heavy atom. The summed E-state index contributed by atoms with van der Waals surface area (Å²) in [6.45, 7) is 21.3. The molecule has 2 saturated heterocycles. The minimum absolute atomic E-state index is 0.00728. The zero-order valence-corrected chi connectivity index (χ0v) is 65.1. The Labute approximate surface area is 624 Å². The van der Waals surface area contributed by atoms with Crippen molar-refractivity contribution in [3.05, 3.63) is 94.6 Å². The standard InChI is InChI=1S/C79H118F4N10O13/c1-17-48(8)72(91(14)77(101)70(46(4)5)89-76(100)71(47(6)7)90(12)13)61(104-15)43-64(98)93-36-22-27-58(93)73(105-16)50(10)59(94)40-54(39-52-24-19-18-20-25-52)41-63(97)86-44-53-29-31-57(32-30-53)87-75(99)55(26-21-34-85-79(84)103)42-60(95)69(45(2)3)88-62(96)28-23-35-92-37-33-56(38-49(92)9)78(102)106-74-66(81)51(11)65(80)67(82)68(74)83/h18-20,24-25,29-32,45-50,54-56,58,61,69-73H,17,21-23,26-28,33-44H2,1-16H3,(H,86,97)(H,87,99)(H,88,96)(H,89,100)(H3,84,85,103)/t48-,49?,50-,54+,55+,56?,58-,61+,69-,70-,71-,72-,73+/m0/s1. The summed E-state index contributed by atoms with van der Waals surface area (Å²) in [5, 5.41) is 14.3. The first kappa shape index (κ1) is 88.7. The van der Waals surface area contributed by atoms with E-state index in [9.17, 15) is 65.5 Å². The number of carbonyl (C=O) groups excluding carboxylic acids is 10. The molecule has 27 heteroatoms. The number of benzene rings is 3. The molecule has 13 atom stereocenters. The predicted molar refractivity (Wildman–Crippen MR) is 396 cm³/mol. The minimum atomic E-state index is -1.95. The van der Waals surface area contributed by atoms with E-state index in [2.05, 4.69) is 26.6 Å². The minimum Gasteiger partial charge on any atom is -0.420 e. The smallest absolute Gasteiger partial charge is 0.314 e. The zero-order valence-electron chi connectivity index (χ0n) is 65.1. The van der Waals surface area contributed by atoms with Gasteiger partial charge in [-0.15, -0.1) is 0 Å². The van der Waals surface area contributed by atoms with E-state index >= 15 is 0 Å². The number of amides is 8. The lowest BCUT2D eigenvalue weighted by Crippen LogP contribution is -2.59. The average molecular weight is 1490 g/mol. The summed E-state index contributed by atoms with van der Waals surface area (Å²) in [5.74, 6) is -15.2. The van der Waals surface area contributed by atoms with E-state index in [4.69, 9.17) is 19.9 Å². The van der Waals surface area contributed by atoms with E-state index in [1.54, 1.807) is 69.0 Å². The number of nitrogens with two attached hydrogens (primary N) is 1. The number of likely N-dealkylation sites (N-methyl/N-ethyl adjacent to an activating group) is 2. The van der Waals surface area contributed by atoms with E-state index in [-0.39, 0.29) is 129 Å². The van der Waals surface area contributed by atoms with Crippen molar-refractivity contribution in [3.8, 4) is 5.75 Å². The van der Waals surface area contributed by atoms with Crippen molar-refractivity contribution < 1.29 is 79.7 Å². The second-order valence-corrected chi connectivity index (χ2v) is 30.3. The number of nitrogens with one attached hydrogen (secondary N) is 5. The number of nitrogens with zero attached hydrogens (tertiary/aromatic N) is 4. The van der Waals surface area contributed by atoms with Crippen LogP contribution in [0.25, 0.3) is 0 Å². The van der Waals surface area contributed by atoms with Gasteiger partial charge in [-0.3, -0.25) is 48.1 Å². The molecule has 2 aliphatic rings. The average Bonchev–Trinajstić information content (AvgIpc) is 0.899. The van der Waals surface area contributed by atoms with Gasteiger partial charge in [-0.05, 0) is 145 Å². The van der Waals surface area contributed by atoms with Crippen LogP contribution < -0.4 is 37.1 Å². The number of carbonyl (C=O) groups is 10. The van der Waals surface area contributed by atoms with E-state index in [0.29, 0.717) is 69.4 Å². The molecule has 2 fully saturated rings. The topological polar surface area (TPSA) is 298 Å². The van der Waals surface area contributed by atoms with Crippen LogP contribution in [-0.2, 0) is 65.6 Å². The molecule has 7 N–H and O–H groups in total. The number of methoxy groups -OCH3 is 2. The molecule has 2 aliphatic heterocycles. The van der Waals surface area contributed by atoms with Gasteiger partial charge < -0.3 is 61.2 Å². The largest absolute Gasteiger partial charge is 0.420 e. The molecule has 0 spiro atoms. The molecule has 0 radical (unpaired) electrons. The van der Waals surface area contributed by atoms with E-state index in [1.165, 1.54) is 7.11 Å². The van der Waals surface area contributed by atoms with Gasteiger partial charge in [0.05, 0.1) is 48.7 Å². The number of ketones is 2. The summed E-state index contributed by atoms with van der Waals surface area (Å²) in [4.78, 5) is 145. The third-order valence-electron chi connectivity index (χ3n) is 21.1. The molecule has 0 aliphatic carbocycles. The summed E-state index contributed by atoms with van der Waals surface area (Å²) in [7, 11) is 8.46. The molecule has 23 nitrogen and oxygen atoms in total. The predicted octanol–water partition coefficient (Wildman–Crippen LogP) is 9.61. The number of esters is 1. The molecule has 3 aromatic rings. The van der Waals surface area contributed by atoms with Crippen molar-refractivity contribution in [1.29, 1.82) is 0 Å². The van der Waals surface area contributed by atoms with Crippen molar-refractivity contribution in [3.63, 3.8) is 0 Å². The Hall–Kier alpha value is -7.88. The highest BCUT2D eigenvalue weighted by Gasteiger charge is 2.44. The second-order valence-electron chi connectivity index (χ2n) is 30.3. The summed E-state index contributed by atoms with van der Waals surface area (Å²) < 4.78 is 74.1. The molecule has 0 aromatic heterocycles. The van der Waals surface area contributed by atoms with Gasteiger partial charge in [0.1, 0.15) is 11.8 Å². The monoisotopic (exact) mass is 1490 g/mol. The maximum Gasteiger partial charge on any atom is 0.314 e. The second kappa shape index (κ2) is 42.6. The van der Waals surface area contributed by atoms with Gasteiger partial charge in [-0.1, -0.05) is 111 Å². The van der Waals surface area contributed by atoms with Gasteiger partial charge in [-0.25, -0.2) is 18.0 Å². The van der Waals surface area contributed by atoms with Crippen LogP contribution in [0.5, 0.6) is 5.75 Å². The summed E-state index contributed by atoms with van der Waals surface area (Å²) in [6, 6.07) is 12.2. The molecule has 106 heavy (non-hydrogen) atoms. The molecule has 8 amide bonds. The highest BCUT2D eigenvalue weighted by atomic mass is 19.2. The summed E-state index contributed by atoms with van der Waals surface area (Å²) in [5.41, 5.74) is 6.53. The van der Waals surface area contributed by atoms with Gasteiger partial charge in [0.2, 0.25) is 47.0 Å². The maximum atomic E-state index is 14.7. The number of rotatable bonds is 42. The summed E-state index contributed by atoms with van der Waals surface area (Å²) >= 11 is 0. The molecule has 2 unspecified atom stereocenters. The normalized spacial score (nSPS) is 18.4. The van der Waals surface area contributed by atoms with Gasteiger partial charge in [-0.2, -0.15) is 4.39 Å². The zero-order chi connectivity index (χ0) is 79.0. The van der Waals surface area contributed by atoms with E-state index in [1.807, 2.05) is 103 Å². The molecular formula is C79H118F4N10O13. The lowest BCUT2D eigenvalue weighted by atomic mass is 9.84. The third-order valence-corrected chi connectivity index (χ3v) is 21.1. The number of hydrogen-bond acceptors (Lipinski definition) is 15. The van der Waals surface area contributed by atoms with E-state index in [0.717, 1.165) is 12.5 Å². The number of ether oxygens (including phenoxy) is 3. The summed E-state index contributed by atoms with van der Waals surface area (Å²) in [6.07, 6.45) is 2.11. The quantitative estimate of drug-likeness (QED) is 0.00768. The van der Waals surface area contributed by atoms with Crippen LogP contribution in [0.4, 0.5) is 28.0 Å². The van der Waals surface area contributed by atoms with Crippen molar-refractivity contribution in [2.45, 2.75) is 221 Å². The molecule has 0 bridgehead atoms. The number of piperidine rings is 1. The van der Waals surface area contributed by atoms with Crippen LogP contribution in [-0.4, -0.2) is 189 Å². The first-order chi connectivity index (χ1) is 50.0. The molecule has 0 saturated carbocycles. The van der Waals surface area contributed by atoms with Crippen LogP contribution in [0.1, 0.15) is 169 Å². The third kappa shape index (κ3) is 25.4. The van der Waals surface area contributed by atoms with Crippen LogP contribution in [0.3, 0.4) is 0 Å². The SMILES string of the molecule is CC[C@H](C)[C@@H]([C@@H](CC(=O)N1CCC[C@H]1[C@H](OC)[C@@H](C)C(=O)C[C@H](CC(=O)NCc1ccc(NC(=O)[C@H](CCCNC(N)=O)CC(=O)[C@@H](NC(=O)CCCN2CCC(C(=O)Oc3c(F)c(C)c(F)c(F)c3F)CC2C)C(C)C)cc1)Cc1ccccc1)OC)N(C)C(=O)[C@@H](NC(=O)[C@H](C(C)C)N(C)C)C(C)C. The van der Waals surface area contributed by atoms with Crippen LogP contribution in [0.2, 0.25) is 0 Å². The number of hydrogen-bond donors (Lipinski definition) is 6. The van der Waals surface area contributed by atoms with Crippen LogP contribution in [0.15, 0.2) is 54.6 Å². The van der Waals surface area contributed by atoms with E-state index < -0.39 is 124 Å². The Bertz CT molecular complexity index is 3400. The molecule has 2 heterocycles. The van der Waals surface area contributed by atoms with Crippen molar-refractivity contribution in [1.82, 2.24) is 40.9 Å². The fourth-order valence-corrected chi connectivity index (χ4v) is 14.9. The lowest BCUT2D eigenvalue weighted by molar-refractivity contribution is -0.148. The van der Waals surface area contributed by atoms with Crippen molar-refractivity contribution in [2.24, 2.45) is 53.1 Å². The molecule has 3 aromatic carbocycles. The lowest BCUT2D eigenvalue weighted by Gasteiger charge is -2.41. The Kier molecular flexibility index (Phi) is 35.7. The van der Waals surface area contributed by atoms with Gasteiger partial charge in [0.25, 0.3) is 0 Å². The van der Waals surface area contributed by atoms with Gasteiger partial charge in [0, 0.05) is 95.7 Å². The van der Waals surface area contributed by atoms with Crippen molar-refractivity contribution in [2.75, 3.05) is 66.9 Å². The number of halogens is 4. The Balaban J connectivity index is 1.17. The Morgan fingerprint density at radius 1 is 0.689 bits per heavy atom. The number of anilines is 1. The first-order valence-electron chi connectivity index (χ1n) is 37.5. The number of primary amides is 1. The van der Waals surface area contributed by atoms with Gasteiger partial charge >= 0.3 is 12.0 Å². The van der Waals surface area contributed by atoms with Gasteiger partial charge in [0.15, 0.2) is 23.2 Å². The highest BCUT2D eigenvalue weighted by Crippen LogP contribution is 2.35. The maximum absolute atomic E-state index is 14.7. The molecular weight excluding hydrogens is 1370 g/mol. The fraction of sp³-hybridized carbons (Fsp3) is 0.646. The molecule has 5 rings (SSSR count). The number of urea groups is 1. The first-order valence-corrected chi connectivity index (χ1v) is 37.5. The van der Waals surface area contributed by atoms with Crippen LogP contribution in [0, 0.1) is 77.5 Å².